The van der Waals surface area contributed by atoms with Gasteiger partial charge in [0.05, 0.1) is 0 Å². The molecule has 0 N–H and O–H groups in total. The molecule has 4 rings (SSSR count). The molecule has 2 aliphatic heterocycles. The number of piperidine rings is 1. The summed E-state index contributed by atoms with van der Waals surface area (Å²) in [6.45, 7) is 5.56. The van der Waals surface area contributed by atoms with E-state index in [1.165, 1.54) is 12.1 Å². The molecule has 0 bridgehead atoms. The first-order valence-electron chi connectivity index (χ1n) is 9.33. The van der Waals surface area contributed by atoms with Crippen LogP contribution in [0.2, 0.25) is 0 Å². The summed E-state index contributed by atoms with van der Waals surface area (Å²) in [7, 11) is 0. The van der Waals surface area contributed by atoms with Crippen molar-refractivity contribution in [2.45, 2.75) is 32.7 Å². The number of carbonyl (C=O) groups excluding carboxylic acids is 1. The molecule has 3 heterocycles. The maximum absolute atomic E-state index is 13.5. The Balaban J connectivity index is 1.41. The molecule has 1 aromatic heterocycles. The fourth-order valence-electron chi connectivity index (χ4n) is 4.41. The molecule has 2 aliphatic rings. The van der Waals surface area contributed by atoms with Gasteiger partial charge in [0.1, 0.15) is 5.76 Å². The fraction of sp³-hybridized carbons (Fsp3) is 0.500. The standard InChI is InChI=1S/C20H23F2N3O2/c1-14-9-18(23-27-14)19(26)25-8-6-20(13-25)5-2-7-24(12-20)11-15-3-4-16(21)17(22)10-15/h3-4,9-10H,2,5-8,11-13H2,1H3. The number of benzene rings is 1. The van der Waals surface area contributed by atoms with Crippen molar-refractivity contribution in [1.82, 2.24) is 15.0 Å². The number of hydrogen-bond donors (Lipinski definition) is 0. The molecule has 144 valence electrons. The summed E-state index contributed by atoms with van der Waals surface area (Å²) in [6, 6.07) is 5.76. The molecular formula is C20H23F2N3O2. The lowest BCUT2D eigenvalue weighted by molar-refractivity contribution is 0.0667. The Kier molecular flexibility index (Phi) is 4.72. The van der Waals surface area contributed by atoms with Gasteiger partial charge in [-0.2, -0.15) is 0 Å². The highest BCUT2D eigenvalue weighted by Gasteiger charge is 2.43. The second-order valence-electron chi connectivity index (χ2n) is 7.86. The minimum absolute atomic E-state index is 0.0608. The number of rotatable bonds is 3. The molecule has 1 unspecified atom stereocenters. The van der Waals surface area contributed by atoms with Crippen LogP contribution in [0, 0.1) is 24.0 Å². The molecule has 2 saturated heterocycles. The van der Waals surface area contributed by atoms with E-state index in [4.69, 9.17) is 4.52 Å². The van der Waals surface area contributed by atoms with Crippen LogP contribution in [0.1, 0.15) is 41.1 Å². The van der Waals surface area contributed by atoms with Crippen molar-refractivity contribution in [2.24, 2.45) is 5.41 Å². The van der Waals surface area contributed by atoms with Gasteiger partial charge >= 0.3 is 0 Å². The number of likely N-dealkylation sites (tertiary alicyclic amines) is 2. The minimum atomic E-state index is -0.818. The molecule has 1 atom stereocenters. The van der Waals surface area contributed by atoms with Gasteiger partial charge in [0.25, 0.3) is 5.91 Å². The lowest BCUT2D eigenvalue weighted by atomic mass is 9.79. The largest absolute Gasteiger partial charge is 0.361 e. The molecule has 1 aromatic carbocycles. The van der Waals surface area contributed by atoms with Crippen molar-refractivity contribution in [3.63, 3.8) is 0 Å². The quantitative estimate of drug-likeness (QED) is 0.825. The summed E-state index contributed by atoms with van der Waals surface area (Å²) < 4.78 is 31.6. The first kappa shape index (κ1) is 18.1. The average Bonchev–Trinajstić information content (AvgIpc) is 3.25. The molecule has 1 spiro atoms. The SMILES string of the molecule is Cc1cc(C(=O)N2CCC3(CCCN(Cc4ccc(F)c(F)c4)C3)C2)no1. The number of halogens is 2. The highest BCUT2D eigenvalue weighted by Crippen LogP contribution is 2.39. The maximum atomic E-state index is 13.5. The zero-order chi connectivity index (χ0) is 19.0. The van der Waals surface area contributed by atoms with E-state index >= 15 is 0 Å². The van der Waals surface area contributed by atoms with E-state index in [0.717, 1.165) is 37.9 Å². The monoisotopic (exact) mass is 375 g/mol. The molecular weight excluding hydrogens is 352 g/mol. The number of hydrogen-bond acceptors (Lipinski definition) is 4. The molecule has 0 saturated carbocycles. The van der Waals surface area contributed by atoms with Crippen LogP contribution >= 0.6 is 0 Å². The van der Waals surface area contributed by atoms with E-state index in [0.29, 0.717) is 31.1 Å². The van der Waals surface area contributed by atoms with Crippen molar-refractivity contribution in [3.8, 4) is 0 Å². The Morgan fingerprint density at radius 2 is 2.04 bits per heavy atom. The summed E-state index contributed by atoms with van der Waals surface area (Å²) in [4.78, 5) is 16.8. The van der Waals surface area contributed by atoms with Crippen molar-refractivity contribution >= 4 is 5.91 Å². The second-order valence-corrected chi connectivity index (χ2v) is 7.86. The van der Waals surface area contributed by atoms with E-state index in [1.54, 1.807) is 19.1 Å². The number of nitrogens with zero attached hydrogens (tertiary/aromatic N) is 3. The predicted molar refractivity (Wildman–Crippen MR) is 95.1 cm³/mol. The van der Waals surface area contributed by atoms with Gasteiger partial charge in [0, 0.05) is 37.7 Å². The normalized spacial score (nSPS) is 23.3. The minimum Gasteiger partial charge on any atom is -0.361 e. The third-order valence-corrected chi connectivity index (χ3v) is 5.70. The van der Waals surface area contributed by atoms with Crippen molar-refractivity contribution in [1.29, 1.82) is 0 Å². The number of aromatic nitrogens is 1. The Morgan fingerprint density at radius 1 is 1.19 bits per heavy atom. The topological polar surface area (TPSA) is 49.6 Å². The van der Waals surface area contributed by atoms with E-state index in [9.17, 15) is 13.6 Å². The zero-order valence-corrected chi connectivity index (χ0v) is 15.4. The van der Waals surface area contributed by atoms with Crippen LogP contribution in [-0.2, 0) is 6.54 Å². The van der Waals surface area contributed by atoms with Crippen LogP contribution in [0.5, 0.6) is 0 Å². The second kappa shape index (κ2) is 7.03. The molecule has 7 heteroatoms. The lowest BCUT2D eigenvalue weighted by Crippen LogP contribution is -2.45. The lowest BCUT2D eigenvalue weighted by Gasteiger charge is -2.40. The summed E-state index contributed by atoms with van der Waals surface area (Å²) in [6.07, 6.45) is 3.06. The number of amides is 1. The highest BCUT2D eigenvalue weighted by molar-refractivity contribution is 5.92. The summed E-state index contributed by atoms with van der Waals surface area (Å²) >= 11 is 0. The molecule has 2 fully saturated rings. The Morgan fingerprint density at radius 3 is 2.78 bits per heavy atom. The van der Waals surface area contributed by atoms with E-state index < -0.39 is 11.6 Å². The van der Waals surface area contributed by atoms with Crippen LogP contribution in [0.3, 0.4) is 0 Å². The highest BCUT2D eigenvalue weighted by atomic mass is 19.2. The fourth-order valence-corrected chi connectivity index (χ4v) is 4.41. The van der Waals surface area contributed by atoms with Crippen molar-refractivity contribution in [2.75, 3.05) is 26.2 Å². The summed E-state index contributed by atoms with van der Waals surface area (Å²) in [5.74, 6) is -1.08. The van der Waals surface area contributed by atoms with Crippen molar-refractivity contribution in [3.05, 3.63) is 52.9 Å². The summed E-state index contributed by atoms with van der Waals surface area (Å²) in [5, 5.41) is 3.84. The summed E-state index contributed by atoms with van der Waals surface area (Å²) in [5.41, 5.74) is 1.19. The van der Waals surface area contributed by atoms with E-state index in [-0.39, 0.29) is 11.3 Å². The Bertz CT molecular complexity index is 854. The van der Waals surface area contributed by atoms with Gasteiger partial charge in [-0.1, -0.05) is 11.2 Å². The third kappa shape index (κ3) is 3.74. The number of carbonyl (C=O) groups is 1. The van der Waals surface area contributed by atoms with Gasteiger partial charge < -0.3 is 9.42 Å². The van der Waals surface area contributed by atoms with Gasteiger partial charge in [-0.05, 0) is 50.4 Å². The Hall–Kier alpha value is -2.28. The zero-order valence-electron chi connectivity index (χ0n) is 15.4. The molecule has 5 nitrogen and oxygen atoms in total. The molecule has 0 aliphatic carbocycles. The smallest absolute Gasteiger partial charge is 0.276 e. The van der Waals surface area contributed by atoms with Crippen molar-refractivity contribution < 1.29 is 18.1 Å². The van der Waals surface area contributed by atoms with Crippen LogP contribution in [0.15, 0.2) is 28.8 Å². The van der Waals surface area contributed by atoms with Gasteiger partial charge in [0.2, 0.25) is 0 Å². The van der Waals surface area contributed by atoms with Gasteiger partial charge in [0.15, 0.2) is 17.3 Å². The predicted octanol–water partition coefficient (Wildman–Crippen LogP) is 3.39. The molecule has 1 amide bonds. The molecule has 2 aromatic rings. The molecule has 0 radical (unpaired) electrons. The van der Waals surface area contributed by atoms with Crippen LogP contribution in [0.25, 0.3) is 0 Å². The first-order chi connectivity index (χ1) is 12.9. The third-order valence-electron chi connectivity index (χ3n) is 5.70. The maximum Gasteiger partial charge on any atom is 0.276 e. The van der Waals surface area contributed by atoms with Gasteiger partial charge in [-0.3, -0.25) is 9.69 Å². The van der Waals surface area contributed by atoms with E-state index in [2.05, 4.69) is 10.1 Å². The molecule has 27 heavy (non-hydrogen) atoms. The van der Waals surface area contributed by atoms with Crippen LogP contribution in [0.4, 0.5) is 8.78 Å². The first-order valence-corrected chi connectivity index (χ1v) is 9.33. The van der Waals surface area contributed by atoms with Crippen LogP contribution in [-0.4, -0.2) is 47.0 Å². The average molecular weight is 375 g/mol. The van der Waals surface area contributed by atoms with Gasteiger partial charge in [-0.15, -0.1) is 0 Å². The van der Waals surface area contributed by atoms with Gasteiger partial charge in [-0.25, -0.2) is 8.78 Å². The Labute approximate surface area is 156 Å². The van der Waals surface area contributed by atoms with Crippen LogP contribution < -0.4 is 0 Å². The number of aryl methyl sites for hydroxylation is 1. The van der Waals surface area contributed by atoms with E-state index in [1.807, 2.05) is 4.90 Å².